The maximum absolute atomic E-state index is 11.7. The monoisotopic (exact) mass is 213 g/mol. The number of aliphatic carboxylic acids is 1. The van der Waals surface area contributed by atoms with Crippen LogP contribution in [0.25, 0.3) is 0 Å². The Morgan fingerprint density at radius 1 is 1.27 bits per heavy atom. The number of carbonyl (C=O) groups excluding carboxylic acids is 1. The number of nitrogens with one attached hydrogen (secondary N) is 1. The van der Waals surface area contributed by atoms with Gasteiger partial charge in [0.25, 0.3) is 0 Å². The zero-order valence-corrected chi connectivity index (χ0v) is 9.38. The molecule has 4 heteroatoms. The van der Waals surface area contributed by atoms with Gasteiger partial charge in [0.1, 0.15) is 5.41 Å². The van der Waals surface area contributed by atoms with Crippen LogP contribution in [0.15, 0.2) is 0 Å². The lowest BCUT2D eigenvalue weighted by atomic mass is 9.69. The summed E-state index contributed by atoms with van der Waals surface area (Å²) in [6.45, 7) is 1.55. The minimum Gasteiger partial charge on any atom is -0.480 e. The van der Waals surface area contributed by atoms with Gasteiger partial charge in [-0.25, -0.2) is 0 Å². The molecule has 0 aromatic carbocycles. The van der Waals surface area contributed by atoms with Crippen molar-refractivity contribution in [3.63, 3.8) is 0 Å². The molecule has 15 heavy (non-hydrogen) atoms. The summed E-state index contributed by atoms with van der Waals surface area (Å²) in [5.74, 6) is -1.40. The summed E-state index contributed by atoms with van der Waals surface area (Å²) in [7, 11) is 1.49. The summed E-state index contributed by atoms with van der Waals surface area (Å²) in [4.78, 5) is 22.9. The van der Waals surface area contributed by atoms with Gasteiger partial charge < -0.3 is 10.4 Å². The zero-order valence-electron chi connectivity index (χ0n) is 9.38. The Hall–Kier alpha value is -1.06. The minimum atomic E-state index is -1.25. The molecule has 0 aliphatic heterocycles. The third-order valence-electron chi connectivity index (χ3n) is 3.56. The average molecular weight is 213 g/mol. The molecule has 1 atom stereocenters. The molecule has 1 rings (SSSR count). The van der Waals surface area contributed by atoms with Gasteiger partial charge in [0.2, 0.25) is 5.91 Å². The Balaban J connectivity index is 2.88. The van der Waals surface area contributed by atoms with Gasteiger partial charge in [-0.1, -0.05) is 19.3 Å². The molecule has 0 bridgehead atoms. The van der Waals surface area contributed by atoms with Crippen LogP contribution in [0.2, 0.25) is 0 Å². The molecule has 1 unspecified atom stereocenters. The molecule has 1 aliphatic carbocycles. The van der Waals surface area contributed by atoms with E-state index in [1.807, 2.05) is 0 Å². The fourth-order valence-electron chi connectivity index (χ4n) is 2.40. The van der Waals surface area contributed by atoms with Crippen molar-refractivity contribution < 1.29 is 14.7 Å². The molecule has 0 aromatic rings. The summed E-state index contributed by atoms with van der Waals surface area (Å²) >= 11 is 0. The van der Waals surface area contributed by atoms with E-state index in [4.69, 9.17) is 0 Å². The van der Waals surface area contributed by atoms with E-state index in [1.54, 1.807) is 6.92 Å². The van der Waals surface area contributed by atoms with E-state index in [0.717, 1.165) is 32.1 Å². The molecule has 1 fully saturated rings. The highest BCUT2D eigenvalue weighted by atomic mass is 16.4. The largest absolute Gasteiger partial charge is 0.480 e. The van der Waals surface area contributed by atoms with Crippen LogP contribution in [0.3, 0.4) is 0 Å². The number of rotatable bonds is 3. The summed E-state index contributed by atoms with van der Waals surface area (Å²) in [6.07, 6.45) is 4.90. The number of hydrogen-bond acceptors (Lipinski definition) is 2. The SMILES string of the molecule is CNC(=O)C(C)(C(=O)O)C1CCCCC1. The molecule has 0 aromatic heterocycles. The van der Waals surface area contributed by atoms with Gasteiger partial charge in [-0.15, -0.1) is 0 Å². The lowest BCUT2D eigenvalue weighted by Crippen LogP contribution is -2.48. The molecular weight excluding hydrogens is 194 g/mol. The van der Waals surface area contributed by atoms with Crippen LogP contribution in [0, 0.1) is 11.3 Å². The molecule has 0 heterocycles. The maximum atomic E-state index is 11.7. The minimum absolute atomic E-state index is 0.0244. The fraction of sp³-hybridized carbons (Fsp3) is 0.818. The predicted octanol–water partition coefficient (Wildman–Crippen LogP) is 1.40. The highest BCUT2D eigenvalue weighted by Crippen LogP contribution is 2.38. The van der Waals surface area contributed by atoms with Crippen LogP contribution in [-0.4, -0.2) is 24.0 Å². The first-order valence-corrected chi connectivity index (χ1v) is 5.49. The van der Waals surface area contributed by atoms with Crippen LogP contribution in [0.1, 0.15) is 39.0 Å². The highest BCUT2D eigenvalue weighted by molar-refractivity contribution is 6.01. The van der Waals surface area contributed by atoms with Crippen molar-refractivity contribution in [3.05, 3.63) is 0 Å². The van der Waals surface area contributed by atoms with Gasteiger partial charge in [-0.2, -0.15) is 0 Å². The van der Waals surface area contributed by atoms with Gasteiger partial charge in [0.15, 0.2) is 0 Å². The van der Waals surface area contributed by atoms with E-state index in [1.165, 1.54) is 7.05 Å². The zero-order chi connectivity index (χ0) is 11.5. The maximum Gasteiger partial charge on any atom is 0.319 e. The first-order chi connectivity index (χ1) is 7.03. The Morgan fingerprint density at radius 3 is 2.20 bits per heavy atom. The smallest absolute Gasteiger partial charge is 0.319 e. The Labute approximate surface area is 90.0 Å². The van der Waals surface area contributed by atoms with Crippen molar-refractivity contribution in [1.29, 1.82) is 0 Å². The van der Waals surface area contributed by atoms with Gasteiger partial charge in [0, 0.05) is 7.05 Å². The number of carbonyl (C=O) groups is 2. The van der Waals surface area contributed by atoms with Crippen LogP contribution < -0.4 is 5.32 Å². The van der Waals surface area contributed by atoms with Crippen LogP contribution >= 0.6 is 0 Å². The van der Waals surface area contributed by atoms with Gasteiger partial charge in [-0.05, 0) is 25.7 Å². The summed E-state index contributed by atoms with van der Waals surface area (Å²) in [5, 5.41) is 11.7. The second-order valence-corrected chi connectivity index (χ2v) is 4.42. The second kappa shape index (κ2) is 4.64. The van der Waals surface area contributed by atoms with Crippen molar-refractivity contribution >= 4 is 11.9 Å². The first-order valence-electron chi connectivity index (χ1n) is 5.49. The van der Waals surface area contributed by atoms with Gasteiger partial charge in [-0.3, -0.25) is 9.59 Å². The van der Waals surface area contributed by atoms with Gasteiger partial charge in [0.05, 0.1) is 0 Å². The predicted molar refractivity (Wildman–Crippen MR) is 56.4 cm³/mol. The van der Waals surface area contributed by atoms with Crippen LogP contribution in [-0.2, 0) is 9.59 Å². The Kier molecular flexibility index (Phi) is 3.72. The lowest BCUT2D eigenvalue weighted by Gasteiger charge is -2.34. The fourth-order valence-corrected chi connectivity index (χ4v) is 2.40. The molecule has 1 saturated carbocycles. The number of carboxylic acid groups (broad SMARTS) is 1. The molecular formula is C11H19NO3. The van der Waals surface area contributed by atoms with E-state index in [0.29, 0.717) is 0 Å². The van der Waals surface area contributed by atoms with Crippen molar-refractivity contribution in [2.45, 2.75) is 39.0 Å². The second-order valence-electron chi connectivity index (χ2n) is 4.42. The van der Waals surface area contributed by atoms with E-state index < -0.39 is 11.4 Å². The number of hydrogen-bond donors (Lipinski definition) is 2. The Morgan fingerprint density at radius 2 is 1.80 bits per heavy atom. The number of carboxylic acids is 1. The first kappa shape index (κ1) is 12.0. The summed E-state index contributed by atoms with van der Waals surface area (Å²) < 4.78 is 0. The third-order valence-corrected chi connectivity index (χ3v) is 3.56. The van der Waals surface area contributed by atoms with Crippen LogP contribution in [0.5, 0.6) is 0 Å². The van der Waals surface area contributed by atoms with E-state index in [2.05, 4.69) is 5.32 Å². The van der Waals surface area contributed by atoms with E-state index in [-0.39, 0.29) is 11.8 Å². The van der Waals surface area contributed by atoms with E-state index in [9.17, 15) is 14.7 Å². The molecule has 86 valence electrons. The molecule has 4 nitrogen and oxygen atoms in total. The molecule has 0 saturated heterocycles. The highest BCUT2D eigenvalue weighted by Gasteiger charge is 2.47. The quantitative estimate of drug-likeness (QED) is 0.696. The van der Waals surface area contributed by atoms with E-state index >= 15 is 0 Å². The third kappa shape index (κ3) is 2.13. The van der Waals surface area contributed by atoms with Crippen molar-refractivity contribution in [2.75, 3.05) is 7.05 Å². The van der Waals surface area contributed by atoms with Crippen molar-refractivity contribution in [1.82, 2.24) is 5.32 Å². The van der Waals surface area contributed by atoms with Crippen LogP contribution in [0.4, 0.5) is 0 Å². The normalized spacial score (nSPS) is 21.7. The molecule has 0 radical (unpaired) electrons. The topological polar surface area (TPSA) is 66.4 Å². The molecule has 1 amide bonds. The molecule has 0 spiro atoms. The molecule has 1 aliphatic rings. The standard InChI is InChI=1S/C11H19NO3/c1-11(10(14)15,9(13)12-2)8-6-4-3-5-7-8/h8H,3-7H2,1-2H3,(H,12,13)(H,14,15). The Bertz CT molecular complexity index is 259. The van der Waals surface area contributed by atoms with Crippen molar-refractivity contribution in [3.8, 4) is 0 Å². The summed E-state index contributed by atoms with van der Waals surface area (Å²) in [5.41, 5.74) is -1.25. The lowest BCUT2D eigenvalue weighted by molar-refractivity contribution is -0.159. The van der Waals surface area contributed by atoms with Crippen molar-refractivity contribution in [2.24, 2.45) is 11.3 Å². The number of amides is 1. The molecule has 2 N–H and O–H groups in total. The average Bonchev–Trinajstić information content (AvgIpc) is 2.27. The van der Waals surface area contributed by atoms with Gasteiger partial charge >= 0.3 is 5.97 Å². The summed E-state index contributed by atoms with van der Waals surface area (Å²) in [6, 6.07) is 0.